The van der Waals surface area contributed by atoms with Gasteiger partial charge in [0, 0.05) is 34.1 Å². The summed E-state index contributed by atoms with van der Waals surface area (Å²) in [6.45, 7) is 1.67. The number of anilines is 1. The van der Waals surface area contributed by atoms with Crippen LogP contribution in [0.15, 0.2) is 38.4 Å². The lowest BCUT2D eigenvalue weighted by molar-refractivity contribution is 0.533. The summed E-state index contributed by atoms with van der Waals surface area (Å²) in [7, 11) is 0. The van der Waals surface area contributed by atoms with Crippen molar-refractivity contribution >= 4 is 38.9 Å². The molecule has 2 aromatic heterocycles. The molecule has 7 heteroatoms. The number of hydrazone groups is 1. The molecule has 0 amide bonds. The monoisotopic (exact) mass is 343 g/mol. The maximum absolute atomic E-state index is 8.91. The van der Waals surface area contributed by atoms with Crippen LogP contribution in [0.1, 0.15) is 17.1 Å². The van der Waals surface area contributed by atoms with Crippen molar-refractivity contribution in [2.75, 3.05) is 5.43 Å². The summed E-state index contributed by atoms with van der Waals surface area (Å²) in [6.07, 6.45) is 3.52. The van der Waals surface area contributed by atoms with Crippen LogP contribution in [0.2, 0.25) is 0 Å². The molecule has 0 unspecified atom stereocenters. The molecule has 0 bridgehead atoms. The van der Waals surface area contributed by atoms with Crippen molar-refractivity contribution in [1.29, 1.82) is 5.26 Å². The molecule has 3 aromatic rings. The number of hydrogen-bond donors (Lipinski definition) is 2. The van der Waals surface area contributed by atoms with Crippen molar-refractivity contribution < 1.29 is 4.42 Å². The van der Waals surface area contributed by atoms with Gasteiger partial charge in [-0.15, -0.1) is 0 Å². The van der Waals surface area contributed by atoms with Crippen LogP contribution >= 0.6 is 15.9 Å². The molecule has 0 spiro atoms. The van der Waals surface area contributed by atoms with Crippen LogP contribution in [0.5, 0.6) is 0 Å². The van der Waals surface area contributed by atoms with Crippen LogP contribution in [0.3, 0.4) is 0 Å². The van der Waals surface area contributed by atoms with Gasteiger partial charge in [0.25, 0.3) is 5.88 Å². The first-order chi connectivity index (χ1) is 10.2. The number of aromatic nitrogens is 2. The van der Waals surface area contributed by atoms with Crippen molar-refractivity contribution in [3.8, 4) is 6.07 Å². The fraction of sp³-hybridized carbons (Fsp3) is 0.0714. The van der Waals surface area contributed by atoms with Crippen LogP contribution in [-0.4, -0.2) is 16.2 Å². The number of aryl methyl sites for hydroxylation is 1. The van der Waals surface area contributed by atoms with Crippen LogP contribution in [0.4, 0.5) is 5.88 Å². The van der Waals surface area contributed by atoms with Crippen LogP contribution in [0.25, 0.3) is 10.9 Å². The summed E-state index contributed by atoms with van der Waals surface area (Å²) in [5, 5.41) is 14.0. The maximum Gasteiger partial charge on any atom is 0.252 e. The number of aromatic amines is 1. The third kappa shape index (κ3) is 2.66. The van der Waals surface area contributed by atoms with Gasteiger partial charge in [0.15, 0.2) is 5.89 Å². The fourth-order valence-electron chi connectivity index (χ4n) is 1.96. The van der Waals surface area contributed by atoms with Crippen LogP contribution in [0, 0.1) is 18.3 Å². The van der Waals surface area contributed by atoms with Crippen LogP contribution in [-0.2, 0) is 0 Å². The van der Waals surface area contributed by atoms with Gasteiger partial charge < -0.3 is 9.40 Å². The zero-order valence-corrected chi connectivity index (χ0v) is 12.6. The first kappa shape index (κ1) is 13.4. The molecular weight excluding hydrogens is 334 g/mol. The van der Waals surface area contributed by atoms with Gasteiger partial charge in [-0.25, -0.2) is 10.4 Å². The Kier molecular flexibility index (Phi) is 3.46. The highest BCUT2D eigenvalue weighted by Crippen LogP contribution is 2.22. The summed E-state index contributed by atoms with van der Waals surface area (Å²) in [5.41, 5.74) is 4.83. The highest BCUT2D eigenvalue weighted by atomic mass is 79.9. The van der Waals surface area contributed by atoms with Crippen molar-refractivity contribution in [3.05, 3.63) is 46.0 Å². The standard InChI is InChI=1S/C14H10BrN5O/c1-8-19-13(5-16)14(21-8)20-18-7-9-6-17-12-3-2-10(15)4-11(9)12/h2-4,6-7,17,20H,1H3/b18-7-. The van der Waals surface area contributed by atoms with Gasteiger partial charge in [0.1, 0.15) is 6.07 Å². The zero-order valence-electron chi connectivity index (χ0n) is 11.0. The van der Waals surface area contributed by atoms with E-state index in [9.17, 15) is 0 Å². The number of oxazole rings is 1. The molecule has 0 aliphatic rings. The number of fused-ring (bicyclic) bond motifs is 1. The van der Waals surface area contributed by atoms with Crippen LogP contribution < -0.4 is 5.43 Å². The molecule has 104 valence electrons. The summed E-state index contributed by atoms with van der Waals surface area (Å²) < 4.78 is 6.25. The average molecular weight is 344 g/mol. The van der Waals surface area contributed by atoms with Crippen molar-refractivity contribution in [3.63, 3.8) is 0 Å². The second-order valence-corrected chi connectivity index (χ2v) is 5.24. The number of H-pyrrole nitrogens is 1. The van der Waals surface area contributed by atoms with Gasteiger partial charge in [0.05, 0.1) is 6.21 Å². The van der Waals surface area contributed by atoms with E-state index >= 15 is 0 Å². The molecule has 0 saturated carbocycles. The molecular formula is C14H10BrN5O. The Labute approximate surface area is 128 Å². The smallest absolute Gasteiger partial charge is 0.252 e. The predicted octanol–water partition coefficient (Wildman–Crippen LogP) is 3.54. The lowest BCUT2D eigenvalue weighted by Gasteiger charge is -1.95. The minimum Gasteiger partial charge on any atom is -0.422 e. The Morgan fingerprint density at radius 2 is 2.38 bits per heavy atom. The summed E-state index contributed by atoms with van der Waals surface area (Å²) >= 11 is 3.44. The second-order valence-electron chi connectivity index (χ2n) is 4.33. The van der Waals surface area contributed by atoms with Gasteiger partial charge in [-0.3, -0.25) is 0 Å². The zero-order chi connectivity index (χ0) is 14.8. The third-order valence-electron chi connectivity index (χ3n) is 2.89. The number of benzene rings is 1. The molecule has 0 radical (unpaired) electrons. The average Bonchev–Trinajstić information content (AvgIpc) is 3.02. The van der Waals surface area contributed by atoms with Gasteiger partial charge in [-0.05, 0) is 18.2 Å². The quantitative estimate of drug-likeness (QED) is 0.562. The first-order valence-electron chi connectivity index (χ1n) is 6.10. The van der Waals surface area contributed by atoms with Gasteiger partial charge >= 0.3 is 0 Å². The van der Waals surface area contributed by atoms with E-state index in [4.69, 9.17) is 9.68 Å². The highest BCUT2D eigenvalue weighted by Gasteiger charge is 2.09. The number of halogens is 1. The summed E-state index contributed by atoms with van der Waals surface area (Å²) in [5.74, 6) is 0.660. The Bertz CT molecular complexity index is 871. The minimum atomic E-state index is 0.186. The van der Waals surface area contributed by atoms with Gasteiger partial charge in [-0.2, -0.15) is 10.4 Å². The van der Waals surface area contributed by atoms with Gasteiger partial charge in [-0.1, -0.05) is 15.9 Å². The largest absolute Gasteiger partial charge is 0.422 e. The maximum atomic E-state index is 8.91. The van der Waals surface area contributed by atoms with E-state index in [0.29, 0.717) is 5.89 Å². The second kappa shape index (κ2) is 5.42. The Morgan fingerprint density at radius 3 is 3.19 bits per heavy atom. The number of rotatable bonds is 3. The number of nitrogens with one attached hydrogen (secondary N) is 2. The summed E-state index contributed by atoms with van der Waals surface area (Å²) in [4.78, 5) is 7.09. The fourth-order valence-corrected chi connectivity index (χ4v) is 2.32. The topological polar surface area (TPSA) is 90.0 Å². The lowest BCUT2D eigenvalue weighted by atomic mass is 10.2. The third-order valence-corrected chi connectivity index (χ3v) is 3.38. The molecule has 1 aromatic carbocycles. The molecule has 0 atom stereocenters. The molecule has 0 aliphatic carbocycles. The highest BCUT2D eigenvalue weighted by molar-refractivity contribution is 9.10. The van der Waals surface area contributed by atoms with E-state index in [-0.39, 0.29) is 11.6 Å². The first-order valence-corrected chi connectivity index (χ1v) is 6.90. The van der Waals surface area contributed by atoms with E-state index < -0.39 is 0 Å². The minimum absolute atomic E-state index is 0.186. The summed E-state index contributed by atoms with van der Waals surface area (Å²) in [6, 6.07) is 7.90. The molecule has 3 rings (SSSR count). The number of nitriles is 1. The van der Waals surface area contributed by atoms with Crippen molar-refractivity contribution in [2.24, 2.45) is 5.10 Å². The predicted molar refractivity (Wildman–Crippen MR) is 83.2 cm³/mol. The van der Waals surface area contributed by atoms with E-state index in [1.54, 1.807) is 13.1 Å². The van der Waals surface area contributed by atoms with E-state index in [1.165, 1.54) is 0 Å². The van der Waals surface area contributed by atoms with E-state index in [0.717, 1.165) is 20.9 Å². The molecule has 2 heterocycles. The Morgan fingerprint density at radius 1 is 1.52 bits per heavy atom. The SMILES string of the molecule is Cc1nc(C#N)c(N/N=C\c2c[nH]c3ccc(Br)cc23)o1. The molecule has 0 saturated heterocycles. The molecule has 2 N–H and O–H groups in total. The number of hydrogen-bond acceptors (Lipinski definition) is 5. The molecule has 0 fully saturated rings. The van der Waals surface area contributed by atoms with Crippen molar-refractivity contribution in [2.45, 2.75) is 6.92 Å². The van der Waals surface area contributed by atoms with Crippen molar-refractivity contribution in [1.82, 2.24) is 9.97 Å². The number of nitrogens with zero attached hydrogens (tertiary/aromatic N) is 3. The molecule has 6 nitrogen and oxygen atoms in total. The van der Waals surface area contributed by atoms with E-state index in [2.05, 4.69) is 36.4 Å². The molecule has 0 aliphatic heterocycles. The normalized spacial score (nSPS) is 11.1. The van der Waals surface area contributed by atoms with Gasteiger partial charge in [0.2, 0.25) is 5.69 Å². The van der Waals surface area contributed by atoms with E-state index in [1.807, 2.05) is 30.5 Å². The Balaban J connectivity index is 1.85. The lowest BCUT2D eigenvalue weighted by Crippen LogP contribution is -1.91. The molecule has 21 heavy (non-hydrogen) atoms. The Hall–Kier alpha value is -2.59.